The highest BCUT2D eigenvalue weighted by Crippen LogP contribution is 2.24. The predicted molar refractivity (Wildman–Crippen MR) is 67.9 cm³/mol. The number of sulfonamides is 1. The van der Waals surface area contributed by atoms with E-state index < -0.39 is 49.6 Å². The van der Waals surface area contributed by atoms with Crippen molar-refractivity contribution in [2.75, 3.05) is 10.5 Å². The molecule has 0 radical (unpaired) electrons. The summed E-state index contributed by atoms with van der Waals surface area (Å²) in [5.41, 5.74) is 3.88. The molecule has 0 aliphatic heterocycles. The Balaban J connectivity index is 2.44. The molecule has 0 spiro atoms. The van der Waals surface area contributed by atoms with Crippen molar-refractivity contribution in [3.05, 3.63) is 53.6 Å². The lowest BCUT2D eigenvalue weighted by atomic mass is 10.3. The topological polar surface area (TPSA) is 72.2 Å². The zero-order valence-corrected chi connectivity index (χ0v) is 11.0. The number of rotatable bonds is 3. The van der Waals surface area contributed by atoms with Crippen LogP contribution in [0.1, 0.15) is 0 Å². The van der Waals surface area contributed by atoms with E-state index in [-0.39, 0.29) is 6.07 Å². The first-order chi connectivity index (χ1) is 9.70. The summed E-state index contributed by atoms with van der Waals surface area (Å²) in [5, 5.41) is 0. The highest BCUT2D eigenvalue weighted by molar-refractivity contribution is 7.92. The SMILES string of the molecule is Nc1cc(S(=O)(=O)Nc2cc(F)cc(F)c2F)ccc1F. The Bertz CT molecular complexity index is 809. The number of nitrogens with two attached hydrogens (primary N) is 1. The highest BCUT2D eigenvalue weighted by atomic mass is 32.2. The predicted octanol–water partition coefficient (Wildman–Crippen LogP) is 2.63. The minimum Gasteiger partial charge on any atom is -0.396 e. The van der Waals surface area contributed by atoms with E-state index >= 15 is 0 Å². The molecule has 0 atom stereocenters. The van der Waals surface area contributed by atoms with Gasteiger partial charge in [0.15, 0.2) is 11.6 Å². The van der Waals surface area contributed by atoms with Crippen molar-refractivity contribution < 1.29 is 26.0 Å². The average molecular weight is 320 g/mol. The summed E-state index contributed by atoms with van der Waals surface area (Å²) in [6, 6.07) is 3.21. The summed E-state index contributed by atoms with van der Waals surface area (Å²) in [5.74, 6) is -5.11. The van der Waals surface area contributed by atoms with Crippen LogP contribution >= 0.6 is 0 Å². The van der Waals surface area contributed by atoms with Crippen LogP contribution in [0.3, 0.4) is 0 Å². The lowest BCUT2D eigenvalue weighted by Gasteiger charge is -2.10. The van der Waals surface area contributed by atoms with Gasteiger partial charge in [-0.15, -0.1) is 0 Å². The fraction of sp³-hybridized carbons (Fsp3) is 0. The lowest BCUT2D eigenvalue weighted by Crippen LogP contribution is -2.15. The summed E-state index contributed by atoms with van der Waals surface area (Å²) in [6.07, 6.45) is 0. The second-order valence-corrected chi connectivity index (χ2v) is 5.72. The van der Waals surface area contributed by atoms with Crippen molar-refractivity contribution in [2.45, 2.75) is 4.90 Å². The molecule has 0 bridgehead atoms. The van der Waals surface area contributed by atoms with Gasteiger partial charge in [-0.05, 0) is 18.2 Å². The Morgan fingerprint density at radius 1 is 0.952 bits per heavy atom. The fourth-order valence-corrected chi connectivity index (χ4v) is 2.61. The number of hydrogen-bond donors (Lipinski definition) is 2. The number of halogens is 4. The van der Waals surface area contributed by atoms with E-state index in [1.807, 2.05) is 0 Å². The van der Waals surface area contributed by atoms with Crippen LogP contribution in [0.25, 0.3) is 0 Å². The smallest absolute Gasteiger partial charge is 0.262 e. The molecule has 2 aromatic rings. The maximum atomic E-state index is 13.4. The van der Waals surface area contributed by atoms with Crippen LogP contribution in [0.4, 0.5) is 28.9 Å². The Morgan fingerprint density at radius 3 is 2.24 bits per heavy atom. The van der Waals surface area contributed by atoms with Gasteiger partial charge in [-0.25, -0.2) is 26.0 Å². The number of nitrogens with one attached hydrogen (secondary N) is 1. The Hall–Kier alpha value is -2.29. The quantitative estimate of drug-likeness (QED) is 0.519. The first-order valence-corrected chi connectivity index (χ1v) is 6.91. The number of anilines is 2. The Kier molecular flexibility index (Phi) is 3.77. The molecule has 21 heavy (non-hydrogen) atoms. The van der Waals surface area contributed by atoms with E-state index in [1.165, 1.54) is 0 Å². The first kappa shape index (κ1) is 15.1. The monoisotopic (exact) mass is 320 g/mol. The van der Waals surface area contributed by atoms with Gasteiger partial charge in [-0.3, -0.25) is 4.72 Å². The van der Waals surface area contributed by atoms with Crippen LogP contribution in [0.15, 0.2) is 35.2 Å². The maximum absolute atomic E-state index is 13.4. The second-order valence-electron chi connectivity index (χ2n) is 4.04. The molecular weight excluding hydrogens is 312 g/mol. The van der Waals surface area contributed by atoms with Gasteiger partial charge in [-0.2, -0.15) is 0 Å². The third-order valence-corrected chi connectivity index (χ3v) is 3.88. The van der Waals surface area contributed by atoms with Crippen LogP contribution in [-0.4, -0.2) is 8.42 Å². The molecule has 0 unspecified atom stereocenters. The summed E-state index contributed by atoms with van der Waals surface area (Å²) >= 11 is 0. The molecule has 0 amide bonds. The van der Waals surface area contributed by atoms with Crippen LogP contribution < -0.4 is 10.5 Å². The van der Waals surface area contributed by atoms with Crippen LogP contribution in [-0.2, 0) is 10.0 Å². The Labute approximate surface area is 117 Å². The highest BCUT2D eigenvalue weighted by Gasteiger charge is 2.20. The molecule has 0 heterocycles. The second kappa shape index (κ2) is 5.24. The van der Waals surface area contributed by atoms with Gasteiger partial charge in [0.05, 0.1) is 16.3 Å². The van der Waals surface area contributed by atoms with Gasteiger partial charge in [0.2, 0.25) is 0 Å². The molecule has 0 aliphatic rings. The average Bonchev–Trinajstić information content (AvgIpc) is 2.38. The maximum Gasteiger partial charge on any atom is 0.262 e. The van der Waals surface area contributed by atoms with E-state index in [2.05, 4.69) is 0 Å². The van der Waals surface area contributed by atoms with E-state index in [4.69, 9.17) is 5.73 Å². The Morgan fingerprint density at radius 2 is 1.62 bits per heavy atom. The van der Waals surface area contributed by atoms with Gasteiger partial charge in [-0.1, -0.05) is 0 Å². The van der Waals surface area contributed by atoms with E-state index in [0.717, 1.165) is 18.2 Å². The van der Waals surface area contributed by atoms with Gasteiger partial charge in [0.1, 0.15) is 11.6 Å². The van der Waals surface area contributed by atoms with Crippen LogP contribution in [0.5, 0.6) is 0 Å². The molecule has 0 aliphatic carbocycles. The zero-order chi connectivity index (χ0) is 15.8. The molecule has 2 aromatic carbocycles. The van der Waals surface area contributed by atoms with Crippen molar-refractivity contribution in [3.63, 3.8) is 0 Å². The van der Waals surface area contributed by atoms with Crippen molar-refractivity contribution >= 4 is 21.4 Å². The number of nitrogen functional groups attached to an aromatic ring is 1. The van der Waals surface area contributed by atoms with Crippen LogP contribution in [0.2, 0.25) is 0 Å². The summed E-state index contributed by atoms with van der Waals surface area (Å²) < 4.78 is 78.0. The van der Waals surface area contributed by atoms with Crippen molar-refractivity contribution in [1.29, 1.82) is 0 Å². The molecule has 0 fully saturated rings. The number of hydrogen-bond acceptors (Lipinski definition) is 3. The molecule has 3 N–H and O–H groups in total. The summed E-state index contributed by atoms with van der Waals surface area (Å²) in [6.45, 7) is 0. The van der Waals surface area contributed by atoms with Crippen molar-refractivity contribution in [3.8, 4) is 0 Å². The van der Waals surface area contributed by atoms with E-state index in [1.54, 1.807) is 4.72 Å². The van der Waals surface area contributed by atoms with E-state index in [0.29, 0.717) is 6.07 Å². The van der Waals surface area contributed by atoms with Crippen LogP contribution in [0, 0.1) is 23.3 Å². The van der Waals surface area contributed by atoms with Crippen molar-refractivity contribution in [2.24, 2.45) is 0 Å². The summed E-state index contributed by atoms with van der Waals surface area (Å²) in [4.78, 5) is -0.481. The van der Waals surface area contributed by atoms with Gasteiger partial charge >= 0.3 is 0 Å². The lowest BCUT2D eigenvalue weighted by molar-refractivity contribution is 0.498. The minimum atomic E-state index is -4.38. The van der Waals surface area contributed by atoms with Gasteiger partial charge in [0.25, 0.3) is 10.0 Å². The standard InChI is InChI=1S/C12H8F4N2O2S/c13-6-3-9(15)12(16)11(4-6)18-21(19,20)7-1-2-8(14)10(17)5-7/h1-5,18H,17H2. The first-order valence-electron chi connectivity index (χ1n) is 5.43. The third kappa shape index (κ3) is 3.07. The third-order valence-electron chi connectivity index (χ3n) is 2.52. The molecular formula is C12H8F4N2O2S. The minimum absolute atomic E-state index is 0.267. The largest absolute Gasteiger partial charge is 0.396 e. The van der Waals surface area contributed by atoms with Gasteiger partial charge in [0, 0.05) is 12.1 Å². The van der Waals surface area contributed by atoms with E-state index in [9.17, 15) is 26.0 Å². The molecule has 112 valence electrons. The molecule has 0 saturated heterocycles. The molecule has 2 rings (SSSR count). The normalized spacial score (nSPS) is 11.4. The summed E-state index contributed by atoms with van der Waals surface area (Å²) in [7, 11) is -4.38. The zero-order valence-electron chi connectivity index (χ0n) is 10.2. The van der Waals surface area contributed by atoms with Crippen molar-refractivity contribution in [1.82, 2.24) is 0 Å². The molecule has 4 nitrogen and oxygen atoms in total. The molecule has 0 saturated carbocycles. The fourth-order valence-electron chi connectivity index (χ4n) is 1.52. The number of benzene rings is 2. The van der Waals surface area contributed by atoms with Gasteiger partial charge < -0.3 is 5.73 Å². The molecule has 0 aromatic heterocycles. The molecule has 9 heteroatoms.